The number of aromatic nitrogens is 1. The van der Waals surface area contributed by atoms with Crippen LogP contribution < -0.4 is 4.74 Å². The van der Waals surface area contributed by atoms with Gasteiger partial charge in [-0.3, -0.25) is 4.98 Å². The fourth-order valence-electron chi connectivity index (χ4n) is 1.28. The number of nitrogens with zero attached hydrogens (tertiary/aromatic N) is 1. The Bertz CT molecular complexity index is 534. The number of hydrogen-bond donors (Lipinski definition) is 0. The summed E-state index contributed by atoms with van der Waals surface area (Å²) in [6, 6.07) is 7.53. The van der Waals surface area contributed by atoms with Crippen LogP contribution in [-0.2, 0) is 5.33 Å². The molecule has 0 aliphatic carbocycles. The lowest BCUT2D eigenvalue weighted by atomic mass is 10.2. The summed E-state index contributed by atoms with van der Waals surface area (Å²) in [5.74, 6) is 1.36. The normalized spacial score (nSPS) is 10.3. The van der Waals surface area contributed by atoms with Gasteiger partial charge < -0.3 is 4.74 Å². The van der Waals surface area contributed by atoms with Gasteiger partial charge in [-0.1, -0.05) is 49.5 Å². The molecule has 0 aliphatic rings. The molecule has 0 atom stereocenters. The van der Waals surface area contributed by atoms with Gasteiger partial charge in [-0.2, -0.15) is 0 Å². The Morgan fingerprint density at radius 1 is 1.18 bits per heavy atom. The second-order valence-electron chi connectivity index (χ2n) is 3.33. The number of rotatable bonds is 3. The van der Waals surface area contributed by atoms with Gasteiger partial charge >= 0.3 is 0 Å². The van der Waals surface area contributed by atoms with Gasteiger partial charge in [-0.05, 0) is 17.7 Å². The summed E-state index contributed by atoms with van der Waals surface area (Å²) in [6.07, 6.45) is 3.19. The molecule has 88 valence electrons. The number of alkyl halides is 1. The third kappa shape index (κ3) is 3.44. The van der Waals surface area contributed by atoms with Crippen LogP contribution in [-0.4, -0.2) is 4.98 Å². The van der Waals surface area contributed by atoms with Crippen LogP contribution in [0.2, 0.25) is 5.02 Å². The topological polar surface area (TPSA) is 22.1 Å². The Balaban J connectivity index is 2.22. The molecule has 0 N–H and O–H groups in total. The Labute approximate surface area is 121 Å². The van der Waals surface area contributed by atoms with E-state index in [1.54, 1.807) is 18.5 Å². The molecule has 1 aromatic heterocycles. The average molecular weight is 377 g/mol. The third-order valence-electron chi connectivity index (χ3n) is 2.08. The van der Waals surface area contributed by atoms with Gasteiger partial charge in [0.25, 0.3) is 0 Å². The number of pyridine rings is 1. The maximum absolute atomic E-state index is 5.83. The summed E-state index contributed by atoms with van der Waals surface area (Å²) in [5, 5.41) is 1.35. The zero-order valence-corrected chi connectivity index (χ0v) is 12.6. The molecule has 0 aliphatic heterocycles. The standard InChI is InChI=1S/C12H8Br2ClNO/c13-5-8-1-2-10(4-12(8)14)17-11-3-9(15)6-16-7-11/h1-4,6-7H,5H2. The molecular weight excluding hydrogens is 369 g/mol. The average Bonchev–Trinajstić information content (AvgIpc) is 2.29. The van der Waals surface area contributed by atoms with E-state index < -0.39 is 0 Å². The highest BCUT2D eigenvalue weighted by Crippen LogP contribution is 2.28. The first-order valence-electron chi connectivity index (χ1n) is 4.82. The molecule has 17 heavy (non-hydrogen) atoms. The van der Waals surface area contributed by atoms with Crippen LogP contribution in [0.1, 0.15) is 5.56 Å². The van der Waals surface area contributed by atoms with Crippen molar-refractivity contribution in [1.82, 2.24) is 4.98 Å². The summed E-state index contributed by atoms with van der Waals surface area (Å²) in [7, 11) is 0. The minimum atomic E-state index is 0.554. The van der Waals surface area contributed by atoms with Crippen LogP contribution in [0.5, 0.6) is 11.5 Å². The minimum Gasteiger partial charge on any atom is -0.456 e. The highest BCUT2D eigenvalue weighted by molar-refractivity contribution is 9.10. The van der Waals surface area contributed by atoms with Crippen LogP contribution in [0.3, 0.4) is 0 Å². The second-order valence-corrected chi connectivity index (χ2v) is 5.18. The van der Waals surface area contributed by atoms with E-state index in [2.05, 4.69) is 36.8 Å². The van der Waals surface area contributed by atoms with E-state index in [-0.39, 0.29) is 0 Å². The van der Waals surface area contributed by atoms with E-state index in [0.717, 1.165) is 15.6 Å². The summed E-state index contributed by atoms with van der Waals surface area (Å²) >= 11 is 12.7. The maximum atomic E-state index is 5.83. The molecule has 0 amide bonds. The van der Waals surface area contributed by atoms with E-state index in [4.69, 9.17) is 16.3 Å². The van der Waals surface area contributed by atoms with Crippen LogP contribution in [0.25, 0.3) is 0 Å². The third-order valence-corrected chi connectivity index (χ3v) is 3.63. The second kappa shape index (κ2) is 5.85. The van der Waals surface area contributed by atoms with Crippen molar-refractivity contribution in [2.24, 2.45) is 0 Å². The van der Waals surface area contributed by atoms with Crippen LogP contribution in [0, 0.1) is 0 Å². The number of ether oxygens (including phenoxy) is 1. The van der Waals surface area contributed by atoms with E-state index >= 15 is 0 Å². The lowest BCUT2D eigenvalue weighted by Crippen LogP contribution is -1.87. The minimum absolute atomic E-state index is 0.554. The molecule has 1 heterocycles. The van der Waals surface area contributed by atoms with E-state index in [1.807, 2.05) is 18.2 Å². The first-order chi connectivity index (χ1) is 8.19. The van der Waals surface area contributed by atoms with Gasteiger partial charge in [0.05, 0.1) is 11.2 Å². The van der Waals surface area contributed by atoms with Gasteiger partial charge in [0.15, 0.2) is 0 Å². The first kappa shape index (κ1) is 12.9. The van der Waals surface area contributed by atoms with Gasteiger partial charge in [0, 0.05) is 22.1 Å². The Morgan fingerprint density at radius 3 is 2.65 bits per heavy atom. The molecule has 2 aromatic rings. The lowest BCUT2D eigenvalue weighted by molar-refractivity contribution is 0.480. The Morgan fingerprint density at radius 2 is 2.00 bits per heavy atom. The molecule has 5 heteroatoms. The monoisotopic (exact) mass is 375 g/mol. The maximum Gasteiger partial charge on any atom is 0.147 e. The van der Waals surface area contributed by atoms with E-state index in [1.165, 1.54) is 5.56 Å². The van der Waals surface area contributed by atoms with Crippen LogP contribution in [0.15, 0.2) is 41.1 Å². The first-order valence-corrected chi connectivity index (χ1v) is 7.11. The van der Waals surface area contributed by atoms with Crippen LogP contribution in [0.4, 0.5) is 0 Å². The quantitative estimate of drug-likeness (QED) is 0.687. The molecule has 2 rings (SSSR count). The molecule has 0 bridgehead atoms. The molecule has 0 spiro atoms. The molecule has 0 radical (unpaired) electrons. The van der Waals surface area contributed by atoms with Crippen molar-refractivity contribution in [1.29, 1.82) is 0 Å². The highest BCUT2D eigenvalue weighted by atomic mass is 79.9. The molecular formula is C12H8Br2ClNO. The van der Waals surface area contributed by atoms with Crippen molar-refractivity contribution in [2.45, 2.75) is 5.33 Å². The largest absolute Gasteiger partial charge is 0.456 e. The zero-order valence-electron chi connectivity index (χ0n) is 8.66. The summed E-state index contributed by atoms with van der Waals surface area (Å²) < 4.78 is 6.65. The summed E-state index contributed by atoms with van der Waals surface area (Å²) in [5.41, 5.74) is 1.17. The summed E-state index contributed by atoms with van der Waals surface area (Å²) in [6.45, 7) is 0. The fourth-order valence-corrected chi connectivity index (χ4v) is 2.81. The lowest BCUT2D eigenvalue weighted by Gasteiger charge is -2.07. The van der Waals surface area contributed by atoms with Gasteiger partial charge in [0.1, 0.15) is 11.5 Å². The summed E-state index contributed by atoms with van der Waals surface area (Å²) in [4.78, 5) is 3.96. The van der Waals surface area contributed by atoms with Crippen molar-refractivity contribution < 1.29 is 4.74 Å². The highest BCUT2D eigenvalue weighted by Gasteiger charge is 2.03. The van der Waals surface area contributed by atoms with E-state index in [0.29, 0.717) is 10.8 Å². The fraction of sp³-hybridized carbons (Fsp3) is 0.0833. The van der Waals surface area contributed by atoms with Crippen molar-refractivity contribution in [3.63, 3.8) is 0 Å². The van der Waals surface area contributed by atoms with Crippen LogP contribution >= 0.6 is 43.5 Å². The van der Waals surface area contributed by atoms with Gasteiger partial charge in [-0.15, -0.1) is 0 Å². The molecule has 0 unspecified atom stereocenters. The predicted molar refractivity (Wildman–Crippen MR) is 76.1 cm³/mol. The molecule has 2 nitrogen and oxygen atoms in total. The Hall–Kier alpha value is -0.580. The molecule has 0 fully saturated rings. The Kier molecular flexibility index (Phi) is 4.42. The van der Waals surface area contributed by atoms with Gasteiger partial charge in [-0.25, -0.2) is 0 Å². The molecule has 0 saturated heterocycles. The molecule has 1 aromatic carbocycles. The van der Waals surface area contributed by atoms with E-state index in [9.17, 15) is 0 Å². The van der Waals surface area contributed by atoms with Crippen molar-refractivity contribution in [3.05, 3.63) is 51.7 Å². The predicted octanol–water partition coefficient (Wildman–Crippen LogP) is 5.18. The van der Waals surface area contributed by atoms with Gasteiger partial charge in [0.2, 0.25) is 0 Å². The van der Waals surface area contributed by atoms with Crippen molar-refractivity contribution in [3.8, 4) is 11.5 Å². The SMILES string of the molecule is Clc1cncc(Oc2ccc(CBr)c(Br)c2)c1. The van der Waals surface area contributed by atoms with Crippen molar-refractivity contribution >= 4 is 43.5 Å². The molecule has 0 saturated carbocycles. The number of benzene rings is 1. The number of halogens is 3. The van der Waals surface area contributed by atoms with Crippen molar-refractivity contribution in [2.75, 3.05) is 0 Å². The zero-order chi connectivity index (χ0) is 12.3. The smallest absolute Gasteiger partial charge is 0.147 e. The number of hydrogen-bond acceptors (Lipinski definition) is 2.